The van der Waals surface area contributed by atoms with Crippen LogP contribution in [-0.4, -0.2) is 45.7 Å². The molecule has 1 N–H and O–H groups in total. The number of halogens is 1. The van der Waals surface area contributed by atoms with Gasteiger partial charge in [-0.3, -0.25) is 0 Å². The smallest absolute Gasteiger partial charge is 0.409 e. The van der Waals surface area contributed by atoms with Gasteiger partial charge in [-0.05, 0) is 25.0 Å². The van der Waals surface area contributed by atoms with E-state index in [1.165, 1.54) is 13.2 Å². The molecule has 0 atom stereocenters. The lowest BCUT2D eigenvalue weighted by Crippen LogP contribution is -2.46. The van der Waals surface area contributed by atoms with Crippen molar-refractivity contribution in [3.63, 3.8) is 0 Å². The largest absolute Gasteiger partial charge is 0.453 e. The summed E-state index contributed by atoms with van der Waals surface area (Å²) in [7, 11) is -2.20. The number of rotatable bonds is 3. The van der Waals surface area contributed by atoms with E-state index in [-0.39, 0.29) is 16.3 Å². The molecule has 0 bridgehead atoms. The number of sulfonamides is 1. The molecule has 0 aromatic carbocycles. The van der Waals surface area contributed by atoms with Crippen LogP contribution in [-0.2, 0) is 14.8 Å². The number of ether oxygens (including phenoxy) is 1. The molecule has 2 rings (SSSR count). The SMILES string of the molecule is COC(=O)N1CCC(NS(=O)(=O)c2ccc(Cl)s2)CC1. The Morgan fingerprint density at radius 3 is 2.60 bits per heavy atom. The first-order valence-corrected chi connectivity index (χ1v) is 8.70. The number of hydrogen-bond acceptors (Lipinski definition) is 5. The number of carbonyl (C=O) groups is 1. The summed E-state index contributed by atoms with van der Waals surface area (Å²) in [6.45, 7) is 0.954. The van der Waals surface area contributed by atoms with Crippen LogP contribution in [0, 0.1) is 0 Å². The lowest BCUT2D eigenvalue weighted by molar-refractivity contribution is 0.111. The highest BCUT2D eigenvalue weighted by Gasteiger charge is 2.27. The molecular formula is C11H15ClN2O4S2. The zero-order valence-corrected chi connectivity index (χ0v) is 13.2. The number of nitrogens with one attached hydrogen (secondary N) is 1. The van der Waals surface area contributed by atoms with Crippen LogP contribution in [0.3, 0.4) is 0 Å². The molecule has 1 aromatic rings. The van der Waals surface area contributed by atoms with E-state index in [1.807, 2.05) is 0 Å². The zero-order chi connectivity index (χ0) is 14.8. The van der Waals surface area contributed by atoms with E-state index in [0.717, 1.165) is 11.3 Å². The third kappa shape index (κ3) is 3.63. The third-order valence-corrected chi connectivity index (χ3v) is 6.31. The highest BCUT2D eigenvalue weighted by molar-refractivity contribution is 7.91. The Balaban J connectivity index is 1.94. The summed E-state index contributed by atoms with van der Waals surface area (Å²) in [5, 5.41) is 0. The van der Waals surface area contributed by atoms with Crippen molar-refractivity contribution in [2.75, 3.05) is 20.2 Å². The molecule has 1 aliphatic rings. The van der Waals surface area contributed by atoms with Crippen molar-refractivity contribution in [3.8, 4) is 0 Å². The lowest BCUT2D eigenvalue weighted by atomic mass is 10.1. The van der Waals surface area contributed by atoms with Crippen LogP contribution >= 0.6 is 22.9 Å². The van der Waals surface area contributed by atoms with Crippen molar-refractivity contribution in [2.24, 2.45) is 0 Å². The Hall–Kier alpha value is -0.830. The van der Waals surface area contributed by atoms with Gasteiger partial charge in [0.25, 0.3) is 0 Å². The average Bonchev–Trinajstić information content (AvgIpc) is 2.86. The van der Waals surface area contributed by atoms with Gasteiger partial charge in [0.1, 0.15) is 4.21 Å². The van der Waals surface area contributed by atoms with E-state index in [4.69, 9.17) is 11.6 Å². The van der Waals surface area contributed by atoms with E-state index in [2.05, 4.69) is 9.46 Å². The second-order valence-corrected chi connectivity index (χ2v) is 8.07. The fourth-order valence-electron chi connectivity index (χ4n) is 2.03. The van der Waals surface area contributed by atoms with Crippen LogP contribution in [0.1, 0.15) is 12.8 Å². The molecule has 1 amide bonds. The molecule has 0 saturated carbocycles. The molecule has 2 heterocycles. The van der Waals surface area contributed by atoms with E-state index < -0.39 is 10.0 Å². The van der Waals surface area contributed by atoms with Gasteiger partial charge in [0.2, 0.25) is 10.0 Å². The van der Waals surface area contributed by atoms with Crippen molar-refractivity contribution in [1.82, 2.24) is 9.62 Å². The number of nitrogens with zero attached hydrogens (tertiary/aromatic N) is 1. The number of likely N-dealkylation sites (tertiary alicyclic amines) is 1. The van der Waals surface area contributed by atoms with Gasteiger partial charge in [-0.25, -0.2) is 17.9 Å². The normalized spacial score (nSPS) is 17.2. The van der Waals surface area contributed by atoms with Crippen molar-refractivity contribution < 1.29 is 17.9 Å². The number of methoxy groups -OCH3 is 1. The summed E-state index contributed by atoms with van der Waals surface area (Å²) in [6, 6.07) is 2.86. The highest BCUT2D eigenvalue weighted by Crippen LogP contribution is 2.26. The van der Waals surface area contributed by atoms with Gasteiger partial charge in [-0.1, -0.05) is 11.6 Å². The first-order chi connectivity index (χ1) is 9.42. The summed E-state index contributed by atoms with van der Waals surface area (Å²) < 4.78 is 32.2. The Bertz CT molecular complexity index is 579. The number of hydrogen-bond donors (Lipinski definition) is 1. The number of carbonyl (C=O) groups excluding carboxylic acids is 1. The van der Waals surface area contributed by atoms with Gasteiger partial charge in [0, 0.05) is 19.1 Å². The van der Waals surface area contributed by atoms with E-state index in [1.54, 1.807) is 11.0 Å². The molecule has 0 spiro atoms. The summed E-state index contributed by atoms with van der Waals surface area (Å²) in [5.41, 5.74) is 0. The number of piperidine rings is 1. The van der Waals surface area contributed by atoms with Gasteiger partial charge in [0.15, 0.2) is 0 Å². The second kappa shape index (κ2) is 6.30. The molecular weight excluding hydrogens is 324 g/mol. The summed E-state index contributed by atoms with van der Waals surface area (Å²) >= 11 is 6.77. The topological polar surface area (TPSA) is 75.7 Å². The maximum Gasteiger partial charge on any atom is 0.409 e. The van der Waals surface area contributed by atoms with Crippen molar-refractivity contribution in [3.05, 3.63) is 16.5 Å². The maximum atomic E-state index is 12.1. The fourth-order valence-corrected chi connectivity index (χ4v) is 4.83. The molecule has 9 heteroatoms. The predicted octanol–water partition coefficient (Wildman–Crippen LogP) is 1.91. The van der Waals surface area contributed by atoms with Gasteiger partial charge >= 0.3 is 6.09 Å². The third-order valence-electron chi connectivity index (χ3n) is 3.06. The molecule has 1 aliphatic heterocycles. The van der Waals surface area contributed by atoms with Crippen LogP contribution in [0.5, 0.6) is 0 Å². The first kappa shape index (κ1) is 15.6. The Kier molecular flexibility index (Phi) is 4.90. The summed E-state index contributed by atoms with van der Waals surface area (Å²) in [5.74, 6) is 0. The van der Waals surface area contributed by atoms with E-state index >= 15 is 0 Å². The average molecular weight is 339 g/mol. The molecule has 1 saturated heterocycles. The van der Waals surface area contributed by atoms with Gasteiger partial charge in [-0.15, -0.1) is 11.3 Å². The first-order valence-electron chi connectivity index (χ1n) is 6.03. The predicted molar refractivity (Wildman–Crippen MR) is 76.7 cm³/mol. The minimum absolute atomic E-state index is 0.179. The number of thiophene rings is 1. The van der Waals surface area contributed by atoms with Gasteiger partial charge in [-0.2, -0.15) is 0 Å². The monoisotopic (exact) mass is 338 g/mol. The van der Waals surface area contributed by atoms with E-state index in [9.17, 15) is 13.2 Å². The van der Waals surface area contributed by atoms with Crippen molar-refractivity contribution in [2.45, 2.75) is 23.1 Å². The van der Waals surface area contributed by atoms with Crippen LogP contribution in [0.4, 0.5) is 4.79 Å². The van der Waals surface area contributed by atoms with Gasteiger partial charge in [0.05, 0.1) is 11.4 Å². The summed E-state index contributed by atoms with van der Waals surface area (Å²) in [6.07, 6.45) is 0.747. The van der Waals surface area contributed by atoms with Gasteiger partial charge < -0.3 is 9.64 Å². The molecule has 0 radical (unpaired) electrons. The van der Waals surface area contributed by atoms with Crippen molar-refractivity contribution >= 4 is 39.1 Å². The maximum absolute atomic E-state index is 12.1. The molecule has 6 nitrogen and oxygen atoms in total. The second-order valence-electron chi connectivity index (χ2n) is 4.41. The minimum Gasteiger partial charge on any atom is -0.453 e. The van der Waals surface area contributed by atoms with Crippen LogP contribution in [0.15, 0.2) is 16.3 Å². The molecule has 1 aromatic heterocycles. The fraction of sp³-hybridized carbons (Fsp3) is 0.545. The van der Waals surface area contributed by atoms with Crippen molar-refractivity contribution in [1.29, 1.82) is 0 Å². The van der Waals surface area contributed by atoms with Crippen LogP contribution in [0.2, 0.25) is 4.34 Å². The highest BCUT2D eigenvalue weighted by atomic mass is 35.5. The van der Waals surface area contributed by atoms with Crippen LogP contribution < -0.4 is 4.72 Å². The lowest BCUT2D eigenvalue weighted by Gasteiger charge is -2.30. The molecule has 20 heavy (non-hydrogen) atoms. The molecule has 0 aliphatic carbocycles. The Labute approximate surface area is 126 Å². The summed E-state index contributed by atoms with van der Waals surface area (Å²) in [4.78, 5) is 12.9. The Morgan fingerprint density at radius 1 is 1.45 bits per heavy atom. The zero-order valence-electron chi connectivity index (χ0n) is 10.8. The Morgan fingerprint density at radius 2 is 2.10 bits per heavy atom. The molecule has 112 valence electrons. The standard InChI is InChI=1S/C11H15ClN2O4S2/c1-18-11(15)14-6-4-8(5-7-14)13-20(16,17)10-3-2-9(12)19-10/h2-3,8,13H,4-7H2,1H3. The molecule has 0 unspecified atom stereocenters. The van der Waals surface area contributed by atoms with E-state index in [0.29, 0.717) is 30.3 Å². The van der Waals surface area contributed by atoms with Crippen LogP contribution in [0.25, 0.3) is 0 Å². The number of amides is 1. The quantitative estimate of drug-likeness (QED) is 0.913. The molecule has 1 fully saturated rings. The minimum atomic E-state index is -3.53.